The average molecular weight is 186 g/mol. The van der Waals surface area contributed by atoms with E-state index in [1.807, 2.05) is 0 Å². The number of likely N-dealkylation sites (tertiary alicyclic amines) is 1. The number of hydrogen-bond donors (Lipinski definition) is 1. The lowest BCUT2D eigenvalue weighted by molar-refractivity contribution is -0.0119. The van der Waals surface area contributed by atoms with Crippen LogP contribution in [0.5, 0.6) is 0 Å². The second-order valence-corrected chi connectivity index (χ2v) is 5.06. The van der Waals surface area contributed by atoms with Gasteiger partial charge < -0.3 is 5.73 Å². The van der Waals surface area contributed by atoms with Gasteiger partial charge in [-0.1, -0.05) is 13.8 Å². The molecule has 2 N–H and O–H groups in total. The van der Waals surface area contributed by atoms with E-state index in [0.717, 1.165) is 13.0 Å². The Morgan fingerprint density at radius 1 is 1.46 bits per heavy atom. The standard InChI is InChI=1S/C10H19FN2/c1-10(2)8(12)5-9(10)13-4-3-7(11)6-13/h7-9H,3-6,12H2,1-2H3. The molecule has 1 heterocycles. The predicted molar refractivity (Wildman–Crippen MR) is 51.2 cm³/mol. The van der Waals surface area contributed by atoms with Gasteiger partial charge in [0, 0.05) is 25.2 Å². The highest BCUT2D eigenvalue weighted by atomic mass is 19.1. The smallest absolute Gasteiger partial charge is 0.114 e. The van der Waals surface area contributed by atoms with Gasteiger partial charge in [-0.15, -0.1) is 0 Å². The number of nitrogens with zero attached hydrogens (tertiary/aromatic N) is 1. The van der Waals surface area contributed by atoms with Crippen molar-refractivity contribution in [3.63, 3.8) is 0 Å². The van der Waals surface area contributed by atoms with Gasteiger partial charge in [-0.3, -0.25) is 4.90 Å². The molecule has 0 spiro atoms. The normalized spacial score (nSPS) is 44.8. The van der Waals surface area contributed by atoms with Gasteiger partial charge >= 0.3 is 0 Å². The first-order valence-corrected chi connectivity index (χ1v) is 5.15. The molecule has 2 aliphatic rings. The molecule has 0 aromatic heterocycles. The molecule has 0 aromatic carbocycles. The molecule has 0 radical (unpaired) electrons. The van der Waals surface area contributed by atoms with Gasteiger partial charge in [-0.05, 0) is 18.3 Å². The van der Waals surface area contributed by atoms with Gasteiger partial charge in [0.15, 0.2) is 0 Å². The summed E-state index contributed by atoms with van der Waals surface area (Å²) in [4.78, 5) is 2.27. The lowest BCUT2D eigenvalue weighted by atomic mass is 9.62. The highest BCUT2D eigenvalue weighted by Crippen LogP contribution is 2.43. The minimum Gasteiger partial charge on any atom is -0.327 e. The minimum absolute atomic E-state index is 0.185. The van der Waals surface area contributed by atoms with E-state index >= 15 is 0 Å². The summed E-state index contributed by atoms with van der Waals surface area (Å²) in [6.45, 7) is 5.93. The molecule has 3 unspecified atom stereocenters. The summed E-state index contributed by atoms with van der Waals surface area (Å²) >= 11 is 0. The third-order valence-electron chi connectivity index (χ3n) is 3.89. The van der Waals surface area contributed by atoms with Crippen molar-refractivity contribution in [1.82, 2.24) is 4.90 Å². The zero-order valence-electron chi connectivity index (χ0n) is 8.46. The van der Waals surface area contributed by atoms with Gasteiger partial charge in [0.2, 0.25) is 0 Å². The second-order valence-electron chi connectivity index (χ2n) is 5.06. The molecular formula is C10H19FN2. The molecule has 1 aliphatic carbocycles. The molecule has 2 rings (SSSR count). The van der Waals surface area contributed by atoms with Crippen LogP contribution in [0, 0.1) is 5.41 Å². The molecule has 1 aliphatic heterocycles. The molecule has 2 nitrogen and oxygen atoms in total. The number of nitrogens with two attached hydrogens (primary N) is 1. The first kappa shape index (κ1) is 9.41. The molecule has 2 fully saturated rings. The molecule has 1 saturated carbocycles. The van der Waals surface area contributed by atoms with E-state index < -0.39 is 6.17 Å². The quantitative estimate of drug-likeness (QED) is 0.665. The predicted octanol–water partition coefficient (Wildman–Crippen LogP) is 1.16. The summed E-state index contributed by atoms with van der Waals surface area (Å²) in [5, 5.41) is 0. The van der Waals surface area contributed by atoms with E-state index in [-0.39, 0.29) is 5.41 Å². The Morgan fingerprint density at radius 2 is 2.15 bits per heavy atom. The largest absolute Gasteiger partial charge is 0.327 e. The number of rotatable bonds is 1. The van der Waals surface area contributed by atoms with Crippen molar-refractivity contribution in [2.45, 2.75) is 44.9 Å². The van der Waals surface area contributed by atoms with Crippen LogP contribution in [-0.2, 0) is 0 Å². The maximum atomic E-state index is 13.0. The maximum absolute atomic E-state index is 13.0. The molecule has 0 amide bonds. The van der Waals surface area contributed by atoms with Crippen molar-refractivity contribution in [3.05, 3.63) is 0 Å². The Kier molecular flexibility index (Phi) is 2.11. The summed E-state index contributed by atoms with van der Waals surface area (Å²) < 4.78 is 13.0. The first-order valence-electron chi connectivity index (χ1n) is 5.15. The molecule has 3 heteroatoms. The fraction of sp³-hybridized carbons (Fsp3) is 1.00. The van der Waals surface area contributed by atoms with E-state index in [1.54, 1.807) is 0 Å². The van der Waals surface area contributed by atoms with Crippen LogP contribution in [0.2, 0.25) is 0 Å². The van der Waals surface area contributed by atoms with Crippen LogP contribution in [0.15, 0.2) is 0 Å². The third kappa shape index (κ3) is 1.38. The lowest BCUT2D eigenvalue weighted by Crippen LogP contribution is -2.64. The molecule has 0 aromatic rings. The fourth-order valence-electron chi connectivity index (χ4n) is 2.58. The van der Waals surface area contributed by atoms with E-state index in [2.05, 4.69) is 18.7 Å². The van der Waals surface area contributed by atoms with Crippen LogP contribution in [0.3, 0.4) is 0 Å². The summed E-state index contributed by atoms with van der Waals surface area (Å²) in [7, 11) is 0. The van der Waals surface area contributed by atoms with E-state index in [4.69, 9.17) is 5.73 Å². The van der Waals surface area contributed by atoms with Crippen molar-refractivity contribution in [3.8, 4) is 0 Å². The van der Waals surface area contributed by atoms with Crippen molar-refractivity contribution < 1.29 is 4.39 Å². The monoisotopic (exact) mass is 186 g/mol. The number of alkyl halides is 1. The summed E-state index contributed by atoms with van der Waals surface area (Å²) in [6.07, 6.45) is 1.15. The molecule has 3 atom stereocenters. The molecule has 76 valence electrons. The van der Waals surface area contributed by atoms with Crippen LogP contribution in [0.1, 0.15) is 26.7 Å². The highest BCUT2D eigenvalue weighted by molar-refractivity contribution is 5.06. The van der Waals surface area contributed by atoms with Gasteiger partial charge in [-0.2, -0.15) is 0 Å². The van der Waals surface area contributed by atoms with Crippen molar-refractivity contribution in [2.75, 3.05) is 13.1 Å². The second kappa shape index (κ2) is 2.92. The average Bonchev–Trinajstić information content (AvgIpc) is 2.47. The minimum atomic E-state index is -0.604. The van der Waals surface area contributed by atoms with E-state index in [0.29, 0.717) is 25.0 Å². The van der Waals surface area contributed by atoms with Crippen molar-refractivity contribution >= 4 is 0 Å². The van der Waals surface area contributed by atoms with Gasteiger partial charge in [0.25, 0.3) is 0 Å². The van der Waals surface area contributed by atoms with Crippen LogP contribution in [0.25, 0.3) is 0 Å². The van der Waals surface area contributed by atoms with Crippen LogP contribution >= 0.6 is 0 Å². The van der Waals surface area contributed by atoms with Gasteiger partial charge in [0.05, 0.1) is 0 Å². The Morgan fingerprint density at radius 3 is 2.54 bits per heavy atom. The Hall–Kier alpha value is -0.150. The Labute approximate surface area is 79.3 Å². The van der Waals surface area contributed by atoms with Crippen molar-refractivity contribution in [1.29, 1.82) is 0 Å². The molecule has 1 saturated heterocycles. The Balaban J connectivity index is 1.96. The van der Waals surface area contributed by atoms with E-state index in [9.17, 15) is 4.39 Å². The number of halogens is 1. The zero-order chi connectivity index (χ0) is 9.64. The fourth-order valence-corrected chi connectivity index (χ4v) is 2.58. The van der Waals surface area contributed by atoms with Crippen LogP contribution in [-0.4, -0.2) is 36.2 Å². The first-order chi connectivity index (χ1) is 6.01. The molecule has 0 bridgehead atoms. The van der Waals surface area contributed by atoms with Crippen LogP contribution < -0.4 is 5.73 Å². The summed E-state index contributed by atoms with van der Waals surface area (Å²) in [5.41, 5.74) is 6.11. The summed E-state index contributed by atoms with van der Waals surface area (Å²) in [6, 6.07) is 0.819. The number of hydrogen-bond acceptors (Lipinski definition) is 2. The summed E-state index contributed by atoms with van der Waals surface area (Å²) in [5.74, 6) is 0. The molecular weight excluding hydrogens is 167 g/mol. The lowest BCUT2D eigenvalue weighted by Gasteiger charge is -2.54. The Bertz CT molecular complexity index is 205. The zero-order valence-corrected chi connectivity index (χ0v) is 8.46. The third-order valence-corrected chi connectivity index (χ3v) is 3.89. The van der Waals surface area contributed by atoms with Gasteiger partial charge in [0.1, 0.15) is 6.17 Å². The SMILES string of the molecule is CC1(C)C(N)CC1N1CCC(F)C1. The van der Waals surface area contributed by atoms with Crippen LogP contribution in [0.4, 0.5) is 4.39 Å². The van der Waals surface area contributed by atoms with E-state index in [1.165, 1.54) is 0 Å². The van der Waals surface area contributed by atoms with Crippen molar-refractivity contribution in [2.24, 2.45) is 11.1 Å². The topological polar surface area (TPSA) is 29.3 Å². The molecule has 13 heavy (non-hydrogen) atoms. The maximum Gasteiger partial charge on any atom is 0.114 e. The van der Waals surface area contributed by atoms with Gasteiger partial charge in [-0.25, -0.2) is 4.39 Å². The highest BCUT2D eigenvalue weighted by Gasteiger charge is 2.49.